The van der Waals surface area contributed by atoms with Crippen LogP contribution in [0.4, 0.5) is 0 Å². The van der Waals surface area contributed by atoms with Gasteiger partial charge in [0, 0.05) is 12.3 Å². The third-order valence-corrected chi connectivity index (χ3v) is 3.08. The first-order valence-electron chi connectivity index (χ1n) is 6.72. The molecule has 0 aliphatic rings. The summed E-state index contributed by atoms with van der Waals surface area (Å²) in [4.78, 5) is 15.1. The van der Waals surface area contributed by atoms with E-state index in [-0.39, 0.29) is 12.3 Å². The van der Waals surface area contributed by atoms with Crippen LogP contribution in [0.5, 0.6) is 0 Å². The fraction of sp³-hybridized carbons (Fsp3) is 0.400. The molecule has 1 aromatic heterocycles. The predicted octanol–water partition coefficient (Wildman–Crippen LogP) is 2.72. The van der Waals surface area contributed by atoms with Crippen molar-refractivity contribution in [1.82, 2.24) is 14.8 Å². The van der Waals surface area contributed by atoms with Crippen LogP contribution in [0.1, 0.15) is 43.4 Å². The zero-order chi connectivity index (χ0) is 14.7. The van der Waals surface area contributed by atoms with Crippen molar-refractivity contribution in [3.63, 3.8) is 0 Å². The van der Waals surface area contributed by atoms with E-state index in [4.69, 9.17) is 5.11 Å². The molecule has 0 bridgehead atoms. The number of aliphatic carboxylic acids is 1. The van der Waals surface area contributed by atoms with Crippen molar-refractivity contribution in [2.45, 2.75) is 39.5 Å². The summed E-state index contributed by atoms with van der Waals surface area (Å²) in [7, 11) is 0. The fourth-order valence-corrected chi connectivity index (χ4v) is 1.99. The molecule has 0 aliphatic carbocycles. The molecule has 0 atom stereocenters. The minimum Gasteiger partial charge on any atom is -0.481 e. The molecular weight excluding hydrogens is 254 g/mol. The Labute approximate surface area is 118 Å². The van der Waals surface area contributed by atoms with Crippen molar-refractivity contribution in [2.24, 2.45) is 0 Å². The number of hydrogen-bond acceptors (Lipinski definition) is 3. The number of hydrogen-bond donors (Lipinski definition) is 1. The summed E-state index contributed by atoms with van der Waals surface area (Å²) in [6.07, 6.45) is 0.658. The Morgan fingerprint density at radius 2 is 2.15 bits per heavy atom. The Balaban J connectivity index is 2.28. The van der Waals surface area contributed by atoms with Crippen LogP contribution in [-0.2, 0) is 11.2 Å². The summed E-state index contributed by atoms with van der Waals surface area (Å²) in [5, 5.41) is 13.2. The lowest BCUT2D eigenvalue weighted by molar-refractivity contribution is -0.136. The Hall–Kier alpha value is -2.17. The highest BCUT2D eigenvalue weighted by Gasteiger charge is 2.11. The van der Waals surface area contributed by atoms with E-state index in [0.29, 0.717) is 6.42 Å². The Morgan fingerprint density at radius 1 is 1.40 bits per heavy atom. The zero-order valence-electron chi connectivity index (χ0n) is 12.0. The molecule has 1 aromatic carbocycles. The van der Waals surface area contributed by atoms with Gasteiger partial charge in [0.15, 0.2) is 5.82 Å². The van der Waals surface area contributed by atoms with Crippen molar-refractivity contribution in [3.8, 4) is 5.69 Å². The van der Waals surface area contributed by atoms with Crippen LogP contribution in [0, 0.1) is 6.92 Å². The molecule has 0 saturated carbocycles. The minimum absolute atomic E-state index is 0.136. The van der Waals surface area contributed by atoms with Gasteiger partial charge in [-0.15, -0.1) is 0 Å². The number of carboxylic acids is 1. The highest BCUT2D eigenvalue weighted by molar-refractivity contribution is 5.67. The first-order valence-corrected chi connectivity index (χ1v) is 6.72. The average Bonchev–Trinajstić information content (AvgIpc) is 2.79. The maximum atomic E-state index is 10.6. The lowest BCUT2D eigenvalue weighted by atomic mass is 10.1. The second-order valence-electron chi connectivity index (χ2n) is 5.15. The van der Waals surface area contributed by atoms with Crippen molar-refractivity contribution in [2.75, 3.05) is 0 Å². The van der Waals surface area contributed by atoms with E-state index in [1.807, 2.05) is 31.2 Å². The normalized spacial score (nSPS) is 11.0. The quantitative estimate of drug-likeness (QED) is 0.909. The summed E-state index contributed by atoms with van der Waals surface area (Å²) in [6.45, 7) is 6.04. The second kappa shape index (κ2) is 5.86. The Kier molecular flexibility index (Phi) is 4.17. The van der Waals surface area contributed by atoms with E-state index in [1.165, 1.54) is 0 Å². The van der Waals surface area contributed by atoms with Gasteiger partial charge in [0.05, 0.1) is 5.69 Å². The summed E-state index contributed by atoms with van der Waals surface area (Å²) < 4.78 is 1.81. The monoisotopic (exact) mass is 273 g/mol. The Bertz CT molecular complexity index is 617. The molecule has 1 N–H and O–H groups in total. The van der Waals surface area contributed by atoms with Gasteiger partial charge in [-0.2, -0.15) is 5.10 Å². The van der Waals surface area contributed by atoms with Crippen molar-refractivity contribution in [1.29, 1.82) is 0 Å². The van der Waals surface area contributed by atoms with Gasteiger partial charge in [-0.05, 0) is 31.0 Å². The second-order valence-corrected chi connectivity index (χ2v) is 5.15. The molecule has 0 saturated heterocycles. The van der Waals surface area contributed by atoms with Gasteiger partial charge >= 0.3 is 5.97 Å². The first kappa shape index (κ1) is 14.2. The van der Waals surface area contributed by atoms with Crippen molar-refractivity contribution < 1.29 is 9.90 Å². The largest absolute Gasteiger partial charge is 0.481 e. The molecule has 106 valence electrons. The average molecular weight is 273 g/mol. The molecule has 0 radical (unpaired) electrons. The van der Waals surface area contributed by atoms with E-state index in [2.05, 4.69) is 23.9 Å². The third-order valence-electron chi connectivity index (χ3n) is 3.08. The molecule has 0 spiro atoms. The predicted molar refractivity (Wildman–Crippen MR) is 76.1 cm³/mol. The SMILES string of the molecule is Cc1nc(C(C)C)nn1-c1cccc(CCC(=O)O)c1. The number of carbonyl (C=O) groups is 1. The van der Waals surface area contributed by atoms with Crippen LogP contribution >= 0.6 is 0 Å². The van der Waals surface area contributed by atoms with E-state index in [0.717, 1.165) is 22.9 Å². The number of aromatic nitrogens is 3. The maximum Gasteiger partial charge on any atom is 0.303 e. The van der Waals surface area contributed by atoms with E-state index < -0.39 is 5.97 Å². The molecule has 5 nitrogen and oxygen atoms in total. The molecule has 20 heavy (non-hydrogen) atoms. The van der Waals surface area contributed by atoms with Gasteiger partial charge in [-0.3, -0.25) is 4.79 Å². The summed E-state index contributed by atoms with van der Waals surface area (Å²) in [5.74, 6) is 1.15. The van der Waals surface area contributed by atoms with Crippen molar-refractivity contribution >= 4 is 5.97 Å². The standard InChI is InChI=1S/C15H19N3O2/c1-10(2)15-16-11(3)18(17-15)13-6-4-5-12(9-13)7-8-14(19)20/h4-6,9-10H,7-8H2,1-3H3,(H,19,20). The molecule has 0 unspecified atom stereocenters. The van der Waals surface area contributed by atoms with Gasteiger partial charge in [0.2, 0.25) is 0 Å². The molecular formula is C15H19N3O2. The van der Waals surface area contributed by atoms with Crippen LogP contribution in [0.15, 0.2) is 24.3 Å². The lowest BCUT2D eigenvalue weighted by Crippen LogP contribution is -2.02. The number of carboxylic acid groups (broad SMARTS) is 1. The van der Waals surface area contributed by atoms with Gasteiger partial charge in [-0.25, -0.2) is 9.67 Å². The van der Waals surface area contributed by atoms with Gasteiger partial charge < -0.3 is 5.11 Å². The highest BCUT2D eigenvalue weighted by atomic mass is 16.4. The highest BCUT2D eigenvalue weighted by Crippen LogP contribution is 2.16. The van der Waals surface area contributed by atoms with Crippen molar-refractivity contribution in [3.05, 3.63) is 41.5 Å². The van der Waals surface area contributed by atoms with E-state index in [9.17, 15) is 4.79 Å². The summed E-state index contributed by atoms with van der Waals surface area (Å²) in [6, 6.07) is 7.77. The van der Waals surface area contributed by atoms with Gasteiger partial charge in [-0.1, -0.05) is 26.0 Å². The Morgan fingerprint density at radius 3 is 2.75 bits per heavy atom. The van der Waals surface area contributed by atoms with Crippen LogP contribution in [0.3, 0.4) is 0 Å². The van der Waals surface area contributed by atoms with Crippen LogP contribution < -0.4 is 0 Å². The molecule has 0 fully saturated rings. The molecule has 5 heteroatoms. The molecule has 1 heterocycles. The minimum atomic E-state index is -0.783. The summed E-state index contributed by atoms with van der Waals surface area (Å²) >= 11 is 0. The summed E-state index contributed by atoms with van der Waals surface area (Å²) in [5.41, 5.74) is 1.91. The zero-order valence-corrected chi connectivity index (χ0v) is 12.0. The lowest BCUT2D eigenvalue weighted by Gasteiger charge is -2.05. The number of nitrogens with zero attached hydrogens (tertiary/aromatic N) is 3. The van der Waals surface area contributed by atoms with Crippen LogP contribution in [0.2, 0.25) is 0 Å². The molecule has 2 rings (SSSR count). The maximum absolute atomic E-state index is 10.6. The van der Waals surface area contributed by atoms with Gasteiger partial charge in [0.1, 0.15) is 5.82 Å². The number of rotatable bonds is 5. The van der Waals surface area contributed by atoms with Gasteiger partial charge in [0.25, 0.3) is 0 Å². The smallest absolute Gasteiger partial charge is 0.303 e. The van der Waals surface area contributed by atoms with Crippen LogP contribution in [-0.4, -0.2) is 25.8 Å². The molecule has 0 amide bonds. The molecule has 0 aliphatic heterocycles. The first-order chi connectivity index (χ1) is 9.47. The number of aryl methyl sites for hydroxylation is 2. The number of benzene rings is 1. The molecule has 2 aromatic rings. The topological polar surface area (TPSA) is 68.0 Å². The van der Waals surface area contributed by atoms with E-state index >= 15 is 0 Å². The third kappa shape index (κ3) is 3.23. The fourth-order valence-electron chi connectivity index (χ4n) is 1.99. The van der Waals surface area contributed by atoms with E-state index in [1.54, 1.807) is 4.68 Å². The van der Waals surface area contributed by atoms with Crippen LogP contribution in [0.25, 0.3) is 5.69 Å².